The number of rotatable bonds is 5. The Kier molecular flexibility index (Phi) is 5.92. The van der Waals surface area contributed by atoms with Crippen molar-refractivity contribution in [3.8, 4) is 0 Å². The van der Waals surface area contributed by atoms with Crippen LogP contribution in [0.5, 0.6) is 0 Å². The molecule has 7 heteroatoms. The quantitative estimate of drug-likeness (QED) is 0.621. The smallest absolute Gasteiger partial charge is 0.230 e. The fraction of sp³-hybridized carbons (Fsp3) is 0.655. The maximum atomic E-state index is 13.6. The molecule has 0 bridgehead atoms. The third kappa shape index (κ3) is 4.24. The number of benzene rings is 1. The third-order valence-electron chi connectivity index (χ3n) is 9.37. The molecule has 1 aromatic carbocycles. The van der Waals surface area contributed by atoms with Crippen LogP contribution in [0.1, 0.15) is 105 Å². The second-order valence-corrected chi connectivity index (χ2v) is 12.1. The molecule has 0 unspecified atom stereocenters. The lowest BCUT2D eigenvalue weighted by molar-refractivity contribution is -0.128. The Morgan fingerprint density at radius 2 is 1.72 bits per heavy atom. The number of aromatic nitrogens is 3. The number of amides is 2. The maximum Gasteiger partial charge on any atom is 0.230 e. The van der Waals surface area contributed by atoms with Gasteiger partial charge in [0.2, 0.25) is 11.8 Å². The average molecular weight is 490 g/mol. The summed E-state index contributed by atoms with van der Waals surface area (Å²) in [5, 5.41) is 12.7. The van der Waals surface area contributed by atoms with Crippen molar-refractivity contribution < 1.29 is 9.59 Å². The molecule has 2 heterocycles. The molecule has 2 aromatic rings. The number of hydrogen-bond acceptors (Lipinski definition) is 4. The van der Waals surface area contributed by atoms with Gasteiger partial charge in [0, 0.05) is 37.7 Å². The molecule has 2 atom stereocenters. The molecule has 6 rings (SSSR count). The number of nitrogens with one attached hydrogen (secondary N) is 1. The van der Waals surface area contributed by atoms with Crippen LogP contribution in [-0.2, 0) is 9.59 Å². The molecule has 4 fully saturated rings. The molecule has 1 aromatic heterocycles. The Morgan fingerprint density at radius 3 is 2.39 bits per heavy atom. The minimum absolute atomic E-state index is 0.0118. The molecule has 36 heavy (non-hydrogen) atoms. The molecular weight excluding hydrogens is 450 g/mol. The lowest BCUT2D eigenvalue weighted by Crippen LogP contribution is -2.38. The molecule has 1 aliphatic heterocycles. The molecule has 3 aliphatic carbocycles. The molecule has 2 amide bonds. The summed E-state index contributed by atoms with van der Waals surface area (Å²) in [5.41, 5.74) is 3.59. The summed E-state index contributed by atoms with van der Waals surface area (Å²) in [4.78, 5) is 27.8. The van der Waals surface area contributed by atoms with Crippen LogP contribution in [0.15, 0.2) is 18.2 Å². The number of likely N-dealkylation sites (tertiary alicyclic amines) is 1. The first-order chi connectivity index (χ1) is 17.3. The number of aryl methyl sites for hydroxylation is 2. The van der Waals surface area contributed by atoms with Gasteiger partial charge in [-0.3, -0.25) is 9.59 Å². The summed E-state index contributed by atoms with van der Waals surface area (Å²) >= 11 is 0. The Balaban J connectivity index is 1.27. The predicted molar refractivity (Wildman–Crippen MR) is 139 cm³/mol. The summed E-state index contributed by atoms with van der Waals surface area (Å²) in [6.45, 7) is 6.62. The van der Waals surface area contributed by atoms with Crippen molar-refractivity contribution in [2.24, 2.45) is 11.3 Å². The highest BCUT2D eigenvalue weighted by Gasteiger charge is 2.49. The summed E-state index contributed by atoms with van der Waals surface area (Å²) < 4.78 is 2.39. The Hall–Kier alpha value is -2.70. The predicted octanol–water partition coefficient (Wildman–Crippen LogP) is 5.26. The molecule has 0 radical (unpaired) electrons. The van der Waals surface area contributed by atoms with E-state index in [1.54, 1.807) is 6.92 Å². The highest BCUT2D eigenvalue weighted by Crippen LogP contribution is 2.59. The van der Waals surface area contributed by atoms with Gasteiger partial charge in [-0.15, -0.1) is 10.2 Å². The first kappa shape index (κ1) is 23.7. The van der Waals surface area contributed by atoms with Gasteiger partial charge in [0.05, 0.1) is 11.8 Å². The van der Waals surface area contributed by atoms with E-state index in [4.69, 9.17) is 10.2 Å². The standard InChI is InChI=1S/C29H39N5O2/c1-18-7-10-25(19(2)13-18)30-28(36)24-17-33(20(3)35)16-23(24)27-32-31-26(34(27)22-8-9-22)21-14-29(15-21)11-5-4-6-12-29/h7,10,13,21-24H,4-6,8-9,11-12,14-17H2,1-3H3,(H,30,36)/t23-,24-/m0/s1. The minimum Gasteiger partial charge on any atom is -0.341 e. The number of carbonyl (C=O) groups is 2. The van der Waals surface area contributed by atoms with E-state index in [2.05, 4.69) is 22.9 Å². The molecule has 7 nitrogen and oxygen atoms in total. The van der Waals surface area contributed by atoms with Crippen LogP contribution in [0.2, 0.25) is 0 Å². The van der Waals surface area contributed by atoms with Crippen LogP contribution >= 0.6 is 0 Å². The Morgan fingerprint density at radius 1 is 1.00 bits per heavy atom. The average Bonchev–Trinajstić information content (AvgIpc) is 3.41. The highest BCUT2D eigenvalue weighted by atomic mass is 16.2. The van der Waals surface area contributed by atoms with Crippen molar-refractivity contribution in [2.75, 3.05) is 18.4 Å². The van der Waals surface area contributed by atoms with E-state index in [9.17, 15) is 9.59 Å². The zero-order valence-corrected chi connectivity index (χ0v) is 21.9. The van der Waals surface area contributed by atoms with Crippen LogP contribution in [0.3, 0.4) is 0 Å². The van der Waals surface area contributed by atoms with E-state index in [1.165, 1.54) is 50.5 Å². The molecule has 192 valence electrons. The van der Waals surface area contributed by atoms with Crippen molar-refractivity contribution in [1.82, 2.24) is 19.7 Å². The third-order valence-corrected chi connectivity index (χ3v) is 9.37. The van der Waals surface area contributed by atoms with Gasteiger partial charge in [0.15, 0.2) is 0 Å². The Labute approximate surface area is 214 Å². The zero-order chi connectivity index (χ0) is 25.0. The van der Waals surface area contributed by atoms with Gasteiger partial charge < -0.3 is 14.8 Å². The van der Waals surface area contributed by atoms with E-state index in [-0.39, 0.29) is 23.7 Å². The second kappa shape index (κ2) is 9.00. The lowest BCUT2D eigenvalue weighted by Gasteiger charge is -2.50. The van der Waals surface area contributed by atoms with E-state index in [0.717, 1.165) is 35.7 Å². The normalized spacial score (nSPS) is 25.7. The summed E-state index contributed by atoms with van der Waals surface area (Å²) in [7, 11) is 0. The van der Waals surface area contributed by atoms with E-state index >= 15 is 0 Å². The first-order valence-corrected chi connectivity index (χ1v) is 13.9. The molecule has 1 saturated heterocycles. The van der Waals surface area contributed by atoms with E-state index < -0.39 is 0 Å². The monoisotopic (exact) mass is 489 g/mol. The highest BCUT2D eigenvalue weighted by molar-refractivity contribution is 5.94. The SMILES string of the molecule is CC(=O)N1C[C@H](C(=O)Nc2ccc(C)cc2C)[C@@H](c2nnc(C3CC4(CCCCC4)C3)n2C2CC2)C1. The molecule has 1 spiro atoms. The summed E-state index contributed by atoms with van der Waals surface area (Å²) in [6, 6.07) is 6.52. The van der Waals surface area contributed by atoms with Crippen molar-refractivity contribution in [2.45, 2.75) is 96.4 Å². The number of anilines is 1. The number of nitrogens with zero attached hydrogens (tertiary/aromatic N) is 4. The van der Waals surface area contributed by atoms with Crippen molar-refractivity contribution >= 4 is 17.5 Å². The van der Waals surface area contributed by atoms with Gasteiger partial charge in [-0.2, -0.15) is 0 Å². The van der Waals surface area contributed by atoms with Gasteiger partial charge in [0.1, 0.15) is 11.6 Å². The van der Waals surface area contributed by atoms with Crippen molar-refractivity contribution in [1.29, 1.82) is 0 Å². The first-order valence-electron chi connectivity index (χ1n) is 13.9. The van der Waals surface area contributed by atoms with Crippen molar-refractivity contribution in [3.63, 3.8) is 0 Å². The van der Waals surface area contributed by atoms with Crippen LogP contribution in [0, 0.1) is 25.2 Å². The van der Waals surface area contributed by atoms with Gasteiger partial charge in [-0.1, -0.05) is 37.0 Å². The zero-order valence-electron chi connectivity index (χ0n) is 21.9. The number of hydrogen-bond donors (Lipinski definition) is 1. The molecule has 4 aliphatic rings. The topological polar surface area (TPSA) is 80.1 Å². The van der Waals surface area contributed by atoms with Crippen molar-refractivity contribution in [3.05, 3.63) is 41.0 Å². The van der Waals surface area contributed by atoms with Crippen LogP contribution in [-0.4, -0.2) is 44.6 Å². The number of carbonyl (C=O) groups excluding carboxylic acids is 2. The van der Waals surface area contributed by atoms with E-state index in [0.29, 0.717) is 30.5 Å². The molecular formula is C29H39N5O2. The van der Waals surface area contributed by atoms with Crippen LogP contribution in [0.25, 0.3) is 0 Å². The second-order valence-electron chi connectivity index (χ2n) is 12.1. The fourth-order valence-electron chi connectivity index (χ4n) is 7.20. The summed E-state index contributed by atoms with van der Waals surface area (Å²) in [5.74, 6) is 2.04. The van der Waals surface area contributed by atoms with Gasteiger partial charge in [-0.25, -0.2) is 0 Å². The largest absolute Gasteiger partial charge is 0.341 e. The Bertz CT molecular complexity index is 1170. The van der Waals surface area contributed by atoms with Gasteiger partial charge >= 0.3 is 0 Å². The molecule has 3 saturated carbocycles. The lowest BCUT2D eigenvalue weighted by atomic mass is 9.55. The van der Waals surface area contributed by atoms with E-state index in [1.807, 2.05) is 24.0 Å². The molecule has 1 N–H and O–H groups in total. The van der Waals surface area contributed by atoms with Crippen LogP contribution < -0.4 is 5.32 Å². The van der Waals surface area contributed by atoms with Gasteiger partial charge in [0.25, 0.3) is 0 Å². The van der Waals surface area contributed by atoms with Gasteiger partial charge in [-0.05, 0) is 69.4 Å². The maximum absolute atomic E-state index is 13.6. The van der Waals surface area contributed by atoms with Crippen LogP contribution in [0.4, 0.5) is 5.69 Å². The summed E-state index contributed by atoms with van der Waals surface area (Å²) in [6.07, 6.45) is 11.6. The minimum atomic E-state index is -0.338. The fourth-order valence-corrected chi connectivity index (χ4v) is 7.20.